The normalized spacial score (nSPS) is 16.7. The molecule has 0 saturated carbocycles. The molecule has 6 nitrogen and oxygen atoms in total. The molecule has 1 heterocycles. The fraction of sp³-hybridized carbons (Fsp3) is 0.500. The first kappa shape index (κ1) is 19.3. The number of hydrogen-bond donors (Lipinski definition) is 2. The molecule has 136 valence electrons. The second kappa shape index (κ2) is 8.89. The largest absolute Gasteiger partial charge is 0.481 e. The third-order valence-electron chi connectivity index (χ3n) is 4.18. The lowest BCUT2D eigenvalue weighted by Crippen LogP contribution is -2.44. The van der Waals surface area contributed by atoms with Crippen LogP contribution in [-0.2, 0) is 14.4 Å². The summed E-state index contributed by atoms with van der Waals surface area (Å²) in [6, 6.07) is 5.35. The van der Waals surface area contributed by atoms with E-state index in [9.17, 15) is 14.4 Å². The number of hydrogen-bond acceptors (Lipinski definition) is 4. The zero-order valence-electron chi connectivity index (χ0n) is 14.6. The maximum atomic E-state index is 12.6. The van der Waals surface area contributed by atoms with Crippen molar-refractivity contribution in [2.24, 2.45) is 0 Å². The van der Waals surface area contributed by atoms with Gasteiger partial charge in [-0.05, 0) is 38.3 Å². The summed E-state index contributed by atoms with van der Waals surface area (Å²) in [5.74, 6) is -0.0257. The Bertz CT molecular complexity index is 662. The van der Waals surface area contributed by atoms with Crippen LogP contribution in [0.5, 0.6) is 0 Å². The lowest BCUT2D eigenvalue weighted by molar-refractivity contribution is -0.138. The molecule has 0 bridgehead atoms. The lowest BCUT2D eigenvalue weighted by atomic mass is 10.1. The van der Waals surface area contributed by atoms with E-state index in [4.69, 9.17) is 5.11 Å². The molecule has 1 aliphatic rings. The highest BCUT2D eigenvalue weighted by atomic mass is 32.2. The number of unbranched alkanes of at least 4 members (excludes halogenated alkanes) is 1. The minimum atomic E-state index is -0.852. The van der Waals surface area contributed by atoms with E-state index in [0.29, 0.717) is 24.5 Å². The molecule has 1 aliphatic heterocycles. The van der Waals surface area contributed by atoms with Crippen LogP contribution in [0.2, 0.25) is 0 Å². The number of rotatable bonds is 7. The van der Waals surface area contributed by atoms with Crippen molar-refractivity contribution in [2.75, 3.05) is 16.9 Å². The van der Waals surface area contributed by atoms with Gasteiger partial charge in [0.25, 0.3) is 0 Å². The first-order chi connectivity index (χ1) is 11.9. The molecule has 1 aromatic carbocycles. The zero-order chi connectivity index (χ0) is 18.4. The van der Waals surface area contributed by atoms with Crippen molar-refractivity contribution in [1.29, 1.82) is 0 Å². The van der Waals surface area contributed by atoms with Gasteiger partial charge in [-0.15, -0.1) is 11.8 Å². The molecule has 0 aliphatic carbocycles. The number of amides is 2. The molecule has 2 N–H and O–H groups in total. The predicted octanol–water partition coefficient (Wildman–Crippen LogP) is 2.79. The molecule has 1 aromatic rings. The van der Waals surface area contributed by atoms with Gasteiger partial charge < -0.3 is 15.3 Å². The van der Waals surface area contributed by atoms with E-state index in [1.54, 1.807) is 16.7 Å². The van der Waals surface area contributed by atoms with Gasteiger partial charge >= 0.3 is 5.97 Å². The highest BCUT2D eigenvalue weighted by Crippen LogP contribution is 2.24. The number of nitrogens with zero attached hydrogens (tertiary/aromatic N) is 1. The molecule has 1 atom stereocenters. The first-order valence-electron chi connectivity index (χ1n) is 8.35. The molecule has 7 heteroatoms. The molecule has 1 fully saturated rings. The minimum Gasteiger partial charge on any atom is -0.481 e. The topological polar surface area (TPSA) is 86.7 Å². The quantitative estimate of drug-likeness (QED) is 0.727. The van der Waals surface area contributed by atoms with Crippen molar-refractivity contribution in [3.63, 3.8) is 0 Å². The second-order valence-corrected chi connectivity index (χ2v) is 7.29. The summed E-state index contributed by atoms with van der Waals surface area (Å²) >= 11 is 1.56. The maximum Gasteiger partial charge on any atom is 0.303 e. The van der Waals surface area contributed by atoms with Crippen LogP contribution in [-0.4, -0.2) is 45.5 Å². The molecule has 0 spiro atoms. The number of carbonyl (C=O) groups is 3. The van der Waals surface area contributed by atoms with Gasteiger partial charge in [0.1, 0.15) is 6.04 Å². The lowest BCUT2D eigenvalue weighted by Gasteiger charge is -2.23. The van der Waals surface area contributed by atoms with Crippen LogP contribution >= 0.6 is 11.8 Å². The number of carboxylic acids is 1. The minimum absolute atomic E-state index is 0.0681. The summed E-state index contributed by atoms with van der Waals surface area (Å²) < 4.78 is 0. The van der Waals surface area contributed by atoms with Crippen molar-refractivity contribution in [3.8, 4) is 0 Å². The summed E-state index contributed by atoms with van der Waals surface area (Å²) in [5.41, 5.74) is 2.89. The molecule has 1 unspecified atom stereocenters. The van der Waals surface area contributed by atoms with Crippen LogP contribution in [0.25, 0.3) is 0 Å². The Morgan fingerprint density at radius 2 is 1.96 bits per heavy atom. The molecule has 25 heavy (non-hydrogen) atoms. The molecular formula is C18H24N2O4S. The highest BCUT2D eigenvalue weighted by molar-refractivity contribution is 7.99. The number of carbonyl (C=O) groups excluding carboxylic acids is 2. The van der Waals surface area contributed by atoms with Gasteiger partial charge in [-0.2, -0.15) is 0 Å². The van der Waals surface area contributed by atoms with Crippen LogP contribution in [0, 0.1) is 13.8 Å². The van der Waals surface area contributed by atoms with Crippen LogP contribution in [0.3, 0.4) is 0 Å². The standard InChI is InChI=1S/C18H24N2O4S/c1-12-7-8-14(13(2)9-12)19-18(24)15-10-25-11-20(15)16(21)5-3-4-6-17(22)23/h7-9,15H,3-6,10-11H2,1-2H3,(H,19,24)(H,22,23). The van der Waals surface area contributed by atoms with E-state index >= 15 is 0 Å². The smallest absolute Gasteiger partial charge is 0.303 e. The first-order valence-corrected chi connectivity index (χ1v) is 9.51. The Hall–Kier alpha value is -2.02. The van der Waals surface area contributed by atoms with E-state index in [-0.39, 0.29) is 24.7 Å². The van der Waals surface area contributed by atoms with Crippen LogP contribution < -0.4 is 5.32 Å². The fourth-order valence-corrected chi connectivity index (χ4v) is 3.95. The van der Waals surface area contributed by atoms with Gasteiger partial charge in [0.2, 0.25) is 11.8 Å². The summed E-state index contributed by atoms with van der Waals surface area (Å²) in [4.78, 5) is 37.1. The van der Waals surface area contributed by atoms with E-state index in [2.05, 4.69) is 5.32 Å². The van der Waals surface area contributed by atoms with E-state index < -0.39 is 12.0 Å². The monoisotopic (exact) mass is 364 g/mol. The third-order valence-corrected chi connectivity index (χ3v) is 5.19. The van der Waals surface area contributed by atoms with Crippen molar-refractivity contribution in [3.05, 3.63) is 29.3 Å². The third kappa shape index (κ3) is 5.49. The molecule has 1 saturated heterocycles. The highest BCUT2D eigenvalue weighted by Gasteiger charge is 2.34. The van der Waals surface area contributed by atoms with E-state index in [1.807, 2.05) is 32.0 Å². The van der Waals surface area contributed by atoms with Crippen LogP contribution in [0.4, 0.5) is 5.69 Å². The molecule has 2 amide bonds. The number of aryl methyl sites for hydroxylation is 2. The van der Waals surface area contributed by atoms with Gasteiger partial charge in [0, 0.05) is 24.3 Å². The molecule has 0 radical (unpaired) electrons. The summed E-state index contributed by atoms with van der Waals surface area (Å²) in [6.45, 7) is 3.94. The number of nitrogens with one attached hydrogen (secondary N) is 1. The van der Waals surface area contributed by atoms with Crippen molar-refractivity contribution in [1.82, 2.24) is 4.90 Å². The Morgan fingerprint density at radius 1 is 1.24 bits per heavy atom. The fourth-order valence-electron chi connectivity index (χ4n) is 2.77. The van der Waals surface area contributed by atoms with Gasteiger partial charge in [0.05, 0.1) is 5.88 Å². The number of aliphatic carboxylic acids is 1. The average molecular weight is 364 g/mol. The summed E-state index contributed by atoms with van der Waals surface area (Å²) in [7, 11) is 0. The number of carboxylic acid groups (broad SMARTS) is 1. The Balaban J connectivity index is 1.92. The van der Waals surface area contributed by atoms with Gasteiger partial charge in [-0.3, -0.25) is 14.4 Å². The van der Waals surface area contributed by atoms with Gasteiger partial charge in [-0.25, -0.2) is 0 Å². The summed E-state index contributed by atoms with van der Waals surface area (Å²) in [6.07, 6.45) is 1.35. The van der Waals surface area contributed by atoms with Crippen LogP contribution in [0.1, 0.15) is 36.8 Å². The number of anilines is 1. The Kier molecular flexibility index (Phi) is 6.87. The molecule has 0 aromatic heterocycles. The predicted molar refractivity (Wildman–Crippen MR) is 98.6 cm³/mol. The second-order valence-electron chi connectivity index (χ2n) is 6.29. The van der Waals surface area contributed by atoms with Crippen LogP contribution in [0.15, 0.2) is 18.2 Å². The van der Waals surface area contributed by atoms with E-state index in [0.717, 1.165) is 16.8 Å². The van der Waals surface area contributed by atoms with Gasteiger partial charge in [0.15, 0.2) is 0 Å². The maximum absolute atomic E-state index is 12.6. The van der Waals surface area contributed by atoms with Crippen molar-refractivity contribution in [2.45, 2.75) is 45.6 Å². The number of thioether (sulfide) groups is 1. The summed E-state index contributed by atoms with van der Waals surface area (Å²) in [5, 5.41) is 11.6. The molecular weight excluding hydrogens is 340 g/mol. The van der Waals surface area contributed by atoms with Gasteiger partial charge in [-0.1, -0.05) is 17.7 Å². The zero-order valence-corrected chi connectivity index (χ0v) is 15.4. The van der Waals surface area contributed by atoms with Crippen molar-refractivity contribution >= 4 is 35.2 Å². The average Bonchev–Trinajstić information content (AvgIpc) is 3.03. The Labute approximate surface area is 152 Å². The van der Waals surface area contributed by atoms with E-state index in [1.165, 1.54) is 0 Å². The Morgan fingerprint density at radius 3 is 2.64 bits per heavy atom. The number of benzene rings is 1. The van der Waals surface area contributed by atoms with Crippen molar-refractivity contribution < 1.29 is 19.5 Å². The molecule has 2 rings (SSSR count). The SMILES string of the molecule is Cc1ccc(NC(=O)C2CSCN2C(=O)CCCCC(=O)O)c(C)c1.